The molecule has 1 amide bonds. The van der Waals surface area contributed by atoms with Crippen molar-refractivity contribution in [3.63, 3.8) is 0 Å². The molecule has 0 saturated carbocycles. The van der Waals surface area contributed by atoms with Crippen LogP contribution < -0.4 is 4.74 Å². The largest absolute Gasteiger partial charge is 0.484 e. The van der Waals surface area contributed by atoms with E-state index in [2.05, 4.69) is 15.9 Å². The van der Waals surface area contributed by atoms with E-state index >= 15 is 0 Å². The first-order valence-electron chi connectivity index (χ1n) is 7.37. The van der Waals surface area contributed by atoms with E-state index in [0.29, 0.717) is 16.6 Å². The molecule has 0 aliphatic rings. The van der Waals surface area contributed by atoms with Gasteiger partial charge in [-0.1, -0.05) is 15.9 Å². The Bertz CT molecular complexity index is 571. The SMILES string of the molecule is CCN(Cc1cc(Br)ccc1OCC(F)(F)F)C(=O)OC(C)(C)C. The monoisotopic (exact) mass is 411 g/mol. The van der Waals surface area contributed by atoms with Gasteiger partial charge in [0.15, 0.2) is 6.61 Å². The average molecular weight is 412 g/mol. The zero-order valence-corrected chi connectivity index (χ0v) is 15.6. The van der Waals surface area contributed by atoms with Crippen LogP contribution in [0.3, 0.4) is 0 Å². The molecule has 0 aromatic heterocycles. The van der Waals surface area contributed by atoms with Crippen molar-refractivity contribution in [2.45, 2.75) is 46.0 Å². The molecule has 0 radical (unpaired) electrons. The second kappa shape index (κ2) is 8.09. The Morgan fingerprint density at radius 3 is 2.38 bits per heavy atom. The van der Waals surface area contributed by atoms with Gasteiger partial charge in [0.25, 0.3) is 0 Å². The summed E-state index contributed by atoms with van der Waals surface area (Å²) < 4.78 is 48.0. The summed E-state index contributed by atoms with van der Waals surface area (Å²) in [7, 11) is 0. The number of hydrogen-bond donors (Lipinski definition) is 0. The first kappa shape index (κ1) is 20.6. The van der Waals surface area contributed by atoms with E-state index in [9.17, 15) is 18.0 Å². The molecule has 0 aliphatic carbocycles. The maximum Gasteiger partial charge on any atom is 0.422 e. The zero-order valence-electron chi connectivity index (χ0n) is 14.0. The van der Waals surface area contributed by atoms with E-state index in [-0.39, 0.29) is 12.3 Å². The van der Waals surface area contributed by atoms with Crippen molar-refractivity contribution in [2.24, 2.45) is 0 Å². The number of ether oxygens (including phenoxy) is 2. The van der Waals surface area contributed by atoms with Crippen LogP contribution in [0.25, 0.3) is 0 Å². The first-order valence-corrected chi connectivity index (χ1v) is 8.16. The fourth-order valence-corrected chi connectivity index (χ4v) is 2.22. The molecule has 8 heteroatoms. The van der Waals surface area contributed by atoms with Gasteiger partial charge < -0.3 is 14.4 Å². The molecule has 1 aromatic rings. The van der Waals surface area contributed by atoms with Crippen LogP contribution in [-0.2, 0) is 11.3 Å². The van der Waals surface area contributed by atoms with Crippen LogP contribution in [0.5, 0.6) is 5.75 Å². The number of alkyl halides is 3. The summed E-state index contributed by atoms with van der Waals surface area (Å²) in [6.07, 6.45) is -4.97. The fraction of sp³-hybridized carbons (Fsp3) is 0.562. The maximum absolute atomic E-state index is 12.4. The lowest BCUT2D eigenvalue weighted by molar-refractivity contribution is -0.153. The Morgan fingerprint density at radius 2 is 1.88 bits per heavy atom. The lowest BCUT2D eigenvalue weighted by Crippen LogP contribution is -2.36. The van der Waals surface area contributed by atoms with E-state index < -0.39 is 24.5 Å². The average Bonchev–Trinajstić information content (AvgIpc) is 2.40. The molecule has 0 saturated heterocycles. The fourth-order valence-electron chi connectivity index (χ4n) is 1.81. The quantitative estimate of drug-likeness (QED) is 0.672. The van der Waals surface area contributed by atoms with Gasteiger partial charge in [0.1, 0.15) is 11.4 Å². The van der Waals surface area contributed by atoms with Crippen LogP contribution in [0.2, 0.25) is 0 Å². The second-order valence-corrected chi connectivity index (χ2v) is 7.07. The van der Waals surface area contributed by atoms with Crippen molar-refractivity contribution in [1.82, 2.24) is 4.90 Å². The summed E-state index contributed by atoms with van der Waals surface area (Å²) >= 11 is 3.27. The van der Waals surface area contributed by atoms with Gasteiger partial charge in [-0.25, -0.2) is 4.79 Å². The summed E-state index contributed by atoms with van der Waals surface area (Å²) in [4.78, 5) is 13.6. The number of rotatable bonds is 5. The molecule has 24 heavy (non-hydrogen) atoms. The molecule has 0 heterocycles. The molecular formula is C16H21BrF3NO3. The minimum Gasteiger partial charge on any atom is -0.484 e. The first-order chi connectivity index (χ1) is 10.9. The highest BCUT2D eigenvalue weighted by Crippen LogP contribution is 2.27. The van der Waals surface area contributed by atoms with Gasteiger partial charge in [-0.05, 0) is 45.9 Å². The molecule has 0 spiro atoms. The number of carbonyl (C=O) groups excluding carboxylic acids is 1. The maximum atomic E-state index is 12.4. The summed E-state index contributed by atoms with van der Waals surface area (Å²) in [5.41, 5.74) is -0.196. The third-order valence-electron chi connectivity index (χ3n) is 2.81. The van der Waals surface area contributed by atoms with E-state index in [1.165, 1.54) is 11.0 Å². The van der Waals surface area contributed by atoms with Gasteiger partial charge in [-0.3, -0.25) is 0 Å². The van der Waals surface area contributed by atoms with E-state index in [4.69, 9.17) is 9.47 Å². The van der Waals surface area contributed by atoms with Gasteiger partial charge in [0.05, 0.1) is 6.54 Å². The zero-order chi connectivity index (χ0) is 18.5. The van der Waals surface area contributed by atoms with Crippen LogP contribution in [-0.4, -0.2) is 35.9 Å². The second-order valence-electron chi connectivity index (χ2n) is 6.15. The Kier molecular flexibility index (Phi) is 6.95. The van der Waals surface area contributed by atoms with Crippen molar-refractivity contribution >= 4 is 22.0 Å². The number of amides is 1. The highest BCUT2D eigenvalue weighted by atomic mass is 79.9. The molecule has 0 atom stereocenters. The lowest BCUT2D eigenvalue weighted by atomic mass is 10.2. The topological polar surface area (TPSA) is 38.8 Å². The molecule has 0 bridgehead atoms. The van der Waals surface area contributed by atoms with E-state index in [1.54, 1.807) is 39.8 Å². The van der Waals surface area contributed by atoms with Crippen LogP contribution in [0.15, 0.2) is 22.7 Å². The van der Waals surface area contributed by atoms with Gasteiger partial charge in [0, 0.05) is 16.6 Å². The minimum absolute atomic E-state index is 0.0810. The van der Waals surface area contributed by atoms with Crippen LogP contribution in [0.1, 0.15) is 33.3 Å². The minimum atomic E-state index is -4.43. The van der Waals surface area contributed by atoms with Gasteiger partial charge in [-0.15, -0.1) is 0 Å². The van der Waals surface area contributed by atoms with Crippen molar-refractivity contribution in [2.75, 3.05) is 13.2 Å². The molecule has 0 unspecified atom stereocenters. The summed E-state index contributed by atoms with van der Waals surface area (Å²) in [6, 6.07) is 4.64. The molecule has 4 nitrogen and oxygen atoms in total. The standard InChI is InChI=1S/C16H21BrF3NO3/c1-5-21(14(22)24-15(2,3)4)9-11-8-12(17)6-7-13(11)23-10-16(18,19)20/h6-8H,5,9-10H2,1-4H3. The Balaban J connectivity index is 2.94. The molecule has 1 aromatic carbocycles. The van der Waals surface area contributed by atoms with Crippen molar-refractivity contribution < 1.29 is 27.4 Å². The highest BCUT2D eigenvalue weighted by Gasteiger charge is 2.29. The van der Waals surface area contributed by atoms with Gasteiger partial charge >= 0.3 is 12.3 Å². The van der Waals surface area contributed by atoms with E-state index in [1.807, 2.05) is 0 Å². The van der Waals surface area contributed by atoms with Gasteiger partial charge in [-0.2, -0.15) is 13.2 Å². The van der Waals surface area contributed by atoms with E-state index in [0.717, 1.165) is 0 Å². The normalized spacial score (nSPS) is 12.0. The molecule has 0 aliphatic heterocycles. The Morgan fingerprint density at radius 1 is 1.25 bits per heavy atom. The van der Waals surface area contributed by atoms with Gasteiger partial charge in [0.2, 0.25) is 0 Å². The van der Waals surface area contributed by atoms with Crippen LogP contribution >= 0.6 is 15.9 Å². The molecule has 1 rings (SSSR count). The molecule has 0 N–H and O–H groups in total. The predicted octanol–water partition coefficient (Wildman–Crippen LogP) is 5.15. The summed E-state index contributed by atoms with van der Waals surface area (Å²) in [5, 5.41) is 0. The summed E-state index contributed by atoms with van der Waals surface area (Å²) in [5.74, 6) is 0.0810. The smallest absolute Gasteiger partial charge is 0.422 e. The van der Waals surface area contributed by atoms with Crippen molar-refractivity contribution in [1.29, 1.82) is 0 Å². The number of carbonyl (C=O) groups is 1. The van der Waals surface area contributed by atoms with Crippen LogP contribution in [0.4, 0.5) is 18.0 Å². The number of halogens is 4. The van der Waals surface area contributed by atoms with Crippen LogP contribution in [0, 0.1) is 0 Å². The van der Waals surface area contributed by atoms with Crippen molar-refractivity contribution in [3.05, 3.63) is 28.2 Å². The molecule has 136 valence electrons. The lowest BCUT2D eigenvalue weighted by Gasteiger charge is -2.27. The number of benzene rings is 1. The third-order valence-corrected chi connectivity index (χ3v) is 3.30. The number of hydrogen-bond acceptors (Lipinski definition) is 3. The molecule has 0 fully saturated rings. The third kappa shape index (κ3) is 7.42. The molecular weight excluding hydrogens is 391 g/mol. The summed E-state index contributed by atoms with van der Waals surface area (Å²) in [6.45, 7) is 6.04. The number of nitrogens with zero attached hydrogens (tertiary/aromatic N) is 1. The Hall–Kier alpha value is -1.44. The Labute approximate surface area is 148 Å². The van der Waals surface area contributed by atoms with Crippen molar-refractivity contribution in [3.8, 4) is 5.75 Å². The predicted molar refractivity (Wildman–Crippen MR) is 88.0 cm³/mol. The highest BCUT2D eigenvalue weighted by molar-refractivity contribution is 9.10.